The summed E-state index contributed by atoms with van der Waals surface area (Å²) in [5.74, 6) is 0.0987. The number of hydrogen-bond donors (Lipinski definition) is 0. The number of carbonyl (C=O) groups excluding carboxylic acids is 3. The molecular weight excluding hydrogens is 244 g/mol. The Bertz CT molecular complexity index is 393. The number of Topliss-reactive ketones (excluding diaryl/α,β-unsaturated/α-hetero) is 2. The molecule has 0 saturated heterocycles. The van der Waals surface area contributed by atoms with Gasteiger partial charge in [0.1, 0.15) is 18.0 Å². The summed E-state index contributed by atoms with van der Waals surface area (Å²) >= 11 is 0. The molecule has 0 aromatic heterocycles. The van der Waals surface area contributed by atoms with Gasteiger partial charge in [-0.15, -0.1) is 0 Å². The maximum Gasteiger partial charge on any atom is 0.341 e. The average Bonchev–Trinajstić information content (AvgIpc) is 2.71. The molecule has 0 amide bonds. The fraction of sp³-hybridized carbons (Fsp3) is 0.667. The lowest BCUT2D eigenvalue weighted by Crippen LogP contribution is -2.13. The number of hydrogen-bond acceptors (Lipinski definition) is 4. The quantitative estimate of drug-likeness (QED) is 0.500. The van der Waals surface area contributed by atoms with E-state index in [-0.39, 0.29) is 29.7 Å². The van der Waals surface area contributed by atoms with Crippen LogP contribution in [0.3, 0.4) is 0 Å². The lowest BCUT2D eigenvalue weighted by Gasteiger charge is -2.11. The van der Waals surface area contributed by atoms with Crippen LogP contribution in [-0.4, -0.2) is 24.1 Å². The zero-order valence-corrected chi connectivity index (χ0v) is 11.9. The fourth-order valence-corrected chi connectivity index (χ4v) is 2.13. The summed E-state index contributed by atoms with van der Waals surface area (Å²) in [6, 6.07) is 0. The highest BCUT2D eigenvalue weighted by molar-refractivity contribution is 6.18. The van der Waals surface area contributed by atoms with Gasteiger partial charge in [0.05, 0.1) is 0 Å². The van der Waals surface area contributed by atoms with E-state index in [1.165, 1.54) is 6.08 Å². The Morgan fingerprint density at radius 2 is 1.95 bits per heavy atom. The molecule has 1 heterocycles. The van der Waals surface area contributed by atoms with Gasteiger partial charge in [-0.2, -0.15) is 0 Å². The lowest BCUT2D eigenvalue weighted by molar-refractivity contribution is -0.137. The Morgan fingerprint density at radius 1 is 1.26 bits per heavy atom. The molecule has 19 heavy (non-hydrogen) atoms. The second-order valence-electron chi connectivity index (χ2n) is 5.62. The van der Waals surface area contributed by atoms with Crippen molar-refractivity contribution >= 4 is 17.5 Å². The maximum absolute atomic E-state index is 11.8. The monoisotopic (exact) mass is 266 g/mol. The number of esters is 1. The van der Waals surface area contributed by atoms with Crippen LogP contribution in [-0.2, 0) is 19.1 Å². The summed E-state index contributed by atoms with van der Waals surface area (Å²) in [7, 11) is 0. The minimum Gasteiger partial charge on any atom is -0.458 e. The van der Waals surface area contributed by atoms with Crippen LogP contribution in [0, 0.1) is 11.8 Å². The molecule has 0 aromatic rings. The molecule has 0 aliphatic carbocycles. The van der Waals surface area contributed by atoms with Crippen molar-refractivity contribution in [3.05, 3.63) is 11.6 Å². The molecule has 0 aromatic carbocycles. The molecule has 4 nitrogen and oxygen atoms in total. The summed E-state index contributed by atoms with van der Waals surface area (Å²) in [5, 5.41) is 0. The van der Waals surface area contributed by atoms with Gasteiger partial charge in [-0.05, 0) is 24.3 Å². The van der Waals surface area contributed by atoms with E-state index in [0.29, 0.717) is 31.6 Å². The Hall–Kier alpha value is -1.45. The molecule has 1 atom stereocenters. The molecule has 0 N–H and O–H groups in total. The summed E-state index contributed by atoms with van der Waals surface area (Å²) < 4.78 is 4.70. The Labute approximate surface area is 114 Å². The van der Waals surface area contributed by atoms with Crippen molar-refractivity contribution in [2.45, 2.75) is 46.5 Å². The van der Waals surface area contributed by atoms with Gasteiger partial charge in [-0.3, -0.25) is 9.59 Å². The van der Waals surface area contributed by atoms with Gasteiger partial charge in [0.25, 0.3) is 0 Å². The molecule has 0 saturated carbocycles. The highest BCUT2D eigenvalue weighted by atomic mass is 16.5. The molecular formula is C15H22O4. The second kappa shape index (κ2) is 7.22. The van der Waals surface area contributed by atoms with Crippen LogP contribution >= 0.6 is 0 Å². The number of cyclic esters (lactones) is 1. The molecule has 106 valence electrons. The van der Waals surface area contributed by atoms with Gasteiger partial charge in [0.2, 0.25) is 0 Å². The molecule has 1 aliphatic heterocycles. The first-order valence-corrected chi connectivity index (χ1v) is 6.82. The van der Waals surface area contributed by atoms with Crippen LogP contribution < -0.4 is 0 Å². The van der Waals surface area contributed by atoms with Crippen LogP contribution in [0.5, 0.6) is 0 Å². The van der Waals surface area contributed by atoms with E-state index in [2.05, 4.69) is 0 Å². The van der Waals surface area contributed by atoms with Gasteiger partial charge in [0, 0.05) is 19.3 Å². The summed E-state index contributed by atoms with van der Waals surface area (Å²) in [4.78, 5) is 34.6. The minimum absolute atomic E-state index is 0.167. The van der Waals surface area contributed by atoms with Gasteiger partial charge in [-0.1, -0.05) is 20.8 Å². The fourth-order valence-electron chi connectivity index (χ4n) is 2.13. The van der Waals surface area contributed by atoms with Crippen LogP contribution in [0.25, 0.3) is 0 Å². The highest BCUT2D eigenvalue weighted by Crippen LogP contribution is 2.17. The Kier molecular flexibility index (Phi) is 5.93. The zero-order chi connectivity index (χ0) is 14.4. The first kappa shape index (κ1) is 15.6. The van der Waals surface area contributed by atoms with Gasteiger partial charge < -0.3 is 4.74 Å². The van der Waals surface area contributed by atoms with E-state index in [9.17, 15) is 14.4 Å². The van der Waals surface area contributed by atoms with Crippen LogP contribution in [0.2, 0.25) is 0 Å². The minimum atomic E-state index is -0.520. The number of carbonyl (C=O) groups is 3. The number of ether oxygens (including phenoxy) is 1. The van der Waals surface area contributed by atoms with Crippen molar-refractivity contribution in [1.82, 2.24) is 0 Å². The van der Waals surface area contributed by atoms with E-state index < -0.39 is 5.97 Å². The van der Waals surface area contributed by atoms with Crippen LogP contribution in [0.4, 0.5) is 0 Å². The molecule has 0 bridgehead atoms. The van der Waals surface area contributed by atoms with Crippen LogP contribution in [0.1, 0.15) is 46.5 Å². The van der Waals surface area contributed by atoms with Crippen molar-refractivity contribution < 1.29 is 19.1 Å². The first-order chi connectivity index (χ1) is 8.90. The van der Waals surface area contributed by atoms with Crippen molar-refractivity contribution in [2.75, 3.05) is 6.61 Å². The largest absolute Gasteiger partial charge is 0.458 e. The van der Waals surface area contributed by atoms with Crippen molar-refractivity contribution in [3.8, 4) is 0 Å². The third-order valence-electron chi connectivity index (χ3n) is 3.10. The molecule has 1 rings (SSSR count). The number of ketones is 2. The van der Waals surface area contributed by atoms with Crippen LogP contribution in [0.15, 0.2) is 11.6 Å². The molecule has 0 fully saturated rings. The third-order valence-corrected chi connectivity index (χ3v) is 3.10. The van der Waals surface area contributed by atoms with Gasteiger partial charge in [-0.25, -0.2) is 4.79 Å². The summed E-state index contributed by atoms with van der Waals surface area (Å²) in [5.41, 5.74) is 0.167. The summed E-state index contributed by atoms with van der Waals surface area (Å²) in [6.45, 7) is 6.20. The maximum atomic E-state index is 11.8. The Balaban J connectivity index is 2.30. The van der Waals surface area contributed by atoms with E-state index in [4.69, 9.17) is 4.74 Å². The molecule has 0 unspecified atom stereocenters. The Morgan fingerprint density at radius 3 is 2.47 bits per heavy atom. The smallest absolute Gasteiger partial charge is 0.341 e. The standard InChI is InChI=1S/C15H22O4/c1-10(2)8-12(16)9-11(3)4-5-14(17)13-6-7-19-15(13)18/h6,10-11H,4-5,7-9H2,1-3H3/t11-/m0/s1. The average molecular weight is 266 g/mol. The molecule has 4 heteroatoms. The highest BCUT2D eigenvalue weighted by Gasteiger charge is 2.24. The van der Waals surface area contributed by atoms with Crippen molar-refractivity contribution in [3.63, 3.8) is 0 Å². The second-order valence-corrected chi connectivity index (χ2v) is 5.62. The summed E-state index contributed by atoms with van der Waals surface area (Å²) in [6.07, 6.45) is 3.56. The first-order valence-electron chi connectivity index (χ1n) is 6.82. The lowest BCUT2D eigenvalue weighted by atomic mass is 9.93. The molecule has 0 radical (unpaired) electrons. The third kappa shape index (κ3) is 5.37. The van der Waals surface area contributed by atoms with E-state index in [0.717, 1.165) is 0 Å². The topological polar surface area (TPSA) is 60.4 Å². The SMILES string of the molecule is CC(C)CC(=O)C[C@@H](C)CCC(=O)C1=CCOC1=O. The molecule has 0 spiro atoms. The van der Waals surface area contributed by atoms with E-state index in [1.54, 1.807) is 0 Å². The normalized spacial score (nSPS) is 16.2. The van der Waals surface area contributed by atoms with Gasteiger partial charge in [0.15, 0.2) is 5.78 Å². The van der Waals surface area contributed by atoms with E-state index in [1.807, 2.05) is 20.8 Å². The predicted octanol–water partition coefficient (Wildman–Crippen LogP) is 2.46. The molecule has 1 aliphatic rings. The van der Waals surface area contributed by atoms with Crippen molar-refractivity contribution in [1.29, 1.82) is 0 Å². The van der Waals surface area contributed by atoms with E-state index >= 15 is 0 Å². The number of rotatable bonds is 8. The van der Waals surface area contributed by atoms with Crippen molar-refractivity contribution in [2.24, 2.45) is 11.8 Å². The zero-order valence-electron chi connectivity index (χ0n) is 11.9. The predicted molar refractivity (Wildman–Crippen MR) is 71.5 cm³/mol. The van der Waals surface area contributed by atoms with Gasteiger partial charge >= 0.3 is 5.97 Å².